The van der Waals surface area contributed by atoms with Crippen molar-refractivity contribution in [2.45, 2.75) is 18.9 Å². The fourth-order valence-electron chi connectivity index (χ4n) is 3.31. The molecule has 19 heavy (non-hydrogen) atoms. The fraction of sp³-hybridized carbons (Fsp3) is 0.500. The van der Waals surface area contributed by atoms with Gasteiger partial charge in [0.05, 0.1) is 10.6 Å². The van der Waals surface area contributed by atoms with E-state index in [1.54, 1.807) is 11.0 Å². The first-order valence-electron chi connectivity index (χ1n) is 6.57. The van der Waals surface area contributed by atoms with Crippen LogP contribution in [0.15, 0.2) is 18.2 Å². The molecule has 102 valence electrons. The quantitative estimate of drug-likeness (QED) is 0.859. The number of carbonyl (C=O) groups excluding carboxylic acids is 1. The molecule has 2 N–H and O–H groups in total. The average molecular weight is 283 g/mol. The molecule has 1 amide bonds. The number of carbonyl (C=O) groups is 1. The Morgan fingerprint density at radius 3 is 2.89 bits per heavy atom. The molecule has 0 radical (unpaired) electrons. The maximum Gasteiger partial charge on any atom is 0.256 e. The summed E-state index contributed by atoms with van der Waals surface area (Å²) in [5.41, 5.74) is 6.10. The lowest BCUT2D eigenvalue weighted by Gasteiger charge is -2.19. The highest BCUT2D eigenvalue weighted by atomic mass is 35.5. The van der Waals surface area contributed by atoms with Crippen molar-refractivity contribution >= 4 is 17.5 Å². The van der Waals surface area contributed by atoms with Crippen LogP contribution in [-0.4, -0.2) is 29.9 Å². The smallest absolute Gasteiger partial charge is 0.256 e. The van der Waals surface area contributed by atoms with Crippen LogP contribution in [0.5, 0.6) is 0 Å². The average Bonchev–Trinajstić information content (AvgIpc) is 2.95. The monoisotopic (exact) mass is 282 g/mol. The van der Waals surface area contributed by atoms with Crippen molar-refractivity contribution in [1.29, 1.82) is 0 Å². The van der Waals surface area contributed by atoms with Gasteiger partial charge < -0.3 is 10.6 Å². The molecule has 1 saturated heterocycles. The number of fused-ring (bicyclic) bond motifs is 1. The van der Waals surface area contributed by atoms with Crippen molar-refractivity contribution in [2.24, 2.45) is 17.6 Å². The third-order valence-electron chi connectivity index (χ3n) is 4.38. The zero-order valence-electron chi connectivity index (χ0n) is 10.5. The Balaban J connectivity index is 1.81. The minimum absolute atomic E-state index is 0.0121. The molecule has 0 spiro atoms. The molecule has 1 aliphatic heterocycles. The molecule has 3 atom stereocenters. The Morgan fingerprint density at radius 1 is 1.37 bits per heavy atom. The summed E-state index contributed by atoms with van der Waals surface area (Å²) in [5.74, 6) is -0.0653. The van der Waals surface area contributed by atoms with E-state index < -0.39 is 5.82 Å². The van der Waals surface area contributed by atoms with Gasteiger partial charge in [-0.2, -0.15) is 0 Å². The molecule has 1 aromatic carbocycles. The lowest BCUT2D eigenvalue weighted by Crippen LogP contribution is -2.33. The Labute approximate surface area is 116 Å². The van der Waals surface area contributed by atoms with Gasteiger partial charge in [0.25, 0.3) is 5.91 Å². The molecular weight excluding hydrogens is 267 g/mol. The van der Waals surface area contributed by atoms with Gasteiger partial charge in [0, 0.05) is 19.1 Å². The van der Waals surface area contributed by atoms with Crippen LogP contribution in [0.1, 0.15) is 23.2 Å². The normalized spacial score (nSPS) is 29.6. The Bertz CT molecular complexity index is 522. The minimum Gasteiger partial charge on any atom is -0.338 e. The summed E-state index contributed by atoms with van der Waals surface area (Å²) in [6.45, 7) is 1.32. The van der Waals surface area contributed by atoms with Crippen molar-refractivity contribution < 1.29 is 9.18 Å². The molecule has 3 nitrogen and oxygen atoms in total. The van der Waals surface area contributed by atoms with Crippen LogP contribution in [0.2, 0.25) is 5.02 Å². The van der Waals surface area contributed by atoms with Gasteiger partial charge in [-0.15, -0.1) is 0 Å². The van der Waals surface area contributed by atoms with E-state index in [1.165, 1.54) is 12.1 Å². The lowest BCUT2D eigenvalue weighted by atomic mass is 9.98. The van der Waals surface area contributed by atoms with Gasteiger partial charge in [0.1, 0.15) is 0 Å². The molecule has 2 aliphatic rings. The first-order chi connectivity index (χ1) is 9.08. The molecule has 5 heteroatoms. The van der Waals surface area contributed by atoms with Crippen LogP contribution in [0, 0.1) is 17.7 Å². The van der Waals surface area contributed by atoms with Gasteiger partial charge in [-0.05, 0) is 36.8 Å². The number of halogens is 2. The maximum absolute atomic E-state index is 13.9. The van der Waals surface area contributed by atoms with E-state index >= 15 is 0 Å². The van der Waals surface area contributed by atoms with Crippen molar-refractivity contribution in [3.8, 4) is 0 Å². The van der Waals surface area contributed by atoms with Crippen LogP contribution in [-0.2, 0) is 0 Å². The van der Waals surface area contributed by atoms with Crippen molar-refractivity contribution in [3.05, 3.63) is 34.6 Å². The van der Waals surface area contributed by atoms with E-state index in [0.717, 1.165) is 12.8 Å². The van der Waals surface area contributed by atoms with Crippen LogP contribution in [0.25, 0.3) is 0 Å². The number of benzene rings is 1. The summed E-state index contributed by atoms with van der Waals surface area (Å²) in [4.78, 5) is 14.1. The van der Waals surface area contributed by atoms with Crippen molar-refractivity contribution in [2.75, 3.05) is 13.1 Å². The highest BCUT2D eigenvalue weighted by Crippen LogP contribution is 2.37. The number of nitrogens with two attached hydrogens (primary N) is 1. The van der Waals surface area contributed by atoms with Crippen LogP contribution >= 0.6 is 11.6 Å². The summed E-state index contributed by atoms with van der Waals surface area (Å²) in [7, 11) is 0. The summed E-state index contributed by atoms with van der Waals surface area (Å²) in [6.07, 6.45) is 2.09. The molecule has 1 saturated carbocycles. The molecule has 0 unspecified atom stereocenters. The second-order valence-corrected chi connectivity index (χ2v) is 5.88. The van der Waals surface area contributed by atoms with E-state index in [1.807, 2.05) is 0 Å². The lowest BCUT2D eigenvalue weighted by molar-refractivity contribution is 0.0775. The second-order valence-electron chi connectivity index (χ2n) is 5.48. The van der Waals surface area contributed by atoms with Crippen LogP contribution < -0.4 is 5.73 Å². The third-order valence-corrected chi connectivity index (χ3v) is 4.67. The van der Waals surface area contributed by atoms with E-state index in [-0.39, 0.29) is 22.5 Å². The van der Waals surface area contributed by atoms with Crippen molar-refractivity contribution in [3.63, 3.8) is 0 Å². The van der Waals surface area contributed by atoms with E-state index in [9.17, 15) is 9.18 Å². The number of nitrogens with zero attached hydrogens (tertiary/aromatic N) is 1. The molecule has 0 bridgehead atoms. The van der Waals surface area contributed by atoms with Crippen molar-refractivity contribution in [1.82, 2.24) is 4.90 Å². The Kier molecular flexibility index (Phi) is 3.23. The van der Waals surface area contributed by atoms with Gasteiger partial charge in [-0.3, -0.25) is 4.79 Å². The van der Waals surface area contributed by atoms with Gasteiger partial charge >= 0.3 is 0 Å². The molecule has 2 fully saturated rings. The zero-order valence-corrected chi connectivity index (χ0v) is 11.2. The zero-order chi connectivity index (χ0) is 13.6. The van der Waals surface area contributed by atoms with Gasteiger partial charge in [-0.25, -0.2) is 4.39 Å². The topological polar surface area (TPSA) is 46.3 Å². The highest BCUT2D eigenvalue weighted by molar-refractivity contribution is 6.31. The van der Waals surface area contributed by atoms with E-state index in [2.05, 4.69) is 0 Å². The molecule has 1 aromatic rings. The minimum atomic E-state index is -0.629. The van der Waals surface area contributed by atoms with Gasteiger partial charge in [-0.1, -0.05) is 17.7 Å². The Morgan fingerprint density at radius 2 is 2.16 bits per heavy atom. The van der Waals surface area contributed by atoms with Gasteiger partial charge in [0.15, 0.2) is 5.82 Å². The summed E-state index contributed by atoms with van der Waals surface area (Å²) >= 11 is 5.72. The third kappa shape index (κ3) is 2.13. The molecular formula is C14H16ClFN2O. The number of hydrogen-bond acceptors (Lipinski definition) is 2. The van der Waals surface area contributed by atoms with Gasteiger partial charge in [0.2, 0.25) is 0 Å². The summed E-state index contributed by atoms with van der Waals surface area (Å²) < 4.78 is 13.9. The number of hydrogen-bond donors (Lipinski definition) is 1. The molecule has 3 rings (SSSR count). The first kappa shape index (κ1) is 12.9. The largest absolute Gasteiger partial charge is 0.338 e. The first-order valence-corrected chi connectivity index (χ1v) is 6.94. The van der Waals surface area contributed by atoms with Crippen LogP contribution in [0.3, 0.4) is 0 Å². The van der Waals surface area contributed by atoms with Crippen LogP contribution in [0.4, 0.5) is 4.39 Å². The molecule has 1 aliphatic carbocycles. The predicted molar refractivity (Wildman–Crippen MR) is 71.5 cm³/mol. The standard InChI is InChI=1S/C14H16ClFN2O/c15-11-3-1-2-9(13(11)16)14(19)18-6-8-4-5-12(17)10(8)7-18/h1-3,8,10,12H,4-7,17H2/t8-,10-,12+/m1/s1. The molecule has 1 heterocycles. The number of amides is 1. The SMILES string of the molecule is N[C@H]1CC[C@@H]2CN(C(=O)c3cccc(Cl)c3F)C[C@H]21. The highest BCUT2D eigenvalue weighted by Gasteiger charge is 2.42. The van der Waals surface area contributed by atoms with E-state index in [4.69, 9.17) is 17.3 Å². The predicted octanol–water partition coefficient (Wildman–Crippen LogP) is 2.29. The second kappa shape index (κ2) is 4.76. The molecule has 0 aromatic heterocycles. The number of rotatable bonds is 1. The van der Waals surface area contributed by atoms with E-state index in [0.29, 0.717) is 24.9 Å². The summed E-state index contributed by atoms with van der Waals surface area (Å²) in [5, 5.41) is -0.0121. The summed E-state index contributed by atoms with van der Waals surface area (Å²) in [6, 6.07) is 4.70. The Hall–Kier alpha value is -1.13. The number of likely N-dealkylation sites (tertiary alicyclic amines) is 1. The fourth-order valence-corrected chi connectivity index (χ4v) is 3.49. The maximum atomic E-state index is 13.9.